The molecule has 0 aromatic carbocycles. The monoisotopic (exact) mass is 372 g/mol. The highest BCUT2D eigenvalue weighted by atomic mass is 16.6. The van der Waals surface area contributed by atoms with Crippen molar-refractivity contribution in [3.63, 3.8) is 0 Å². The van der Waals surface area contributed by atoms with Crippen LogP contribution >= 0.6 is 0 Å². The Bertz CT molecular complexity index is 702. The number of esters is 2. The lowest BCUT2D eigenvalue weighted by molar-refractivity contribution is -0.155. The highest BCUT2D eigenvalue weighted by Crippen LogP contribution is 2.66. The van der Waals surface area contributed by atoms with Crippen molar-refractivity contribution in [3.8, 4) is 0 Å². The molecule has 1 spiro atoms. The minimum absolute atomic E-state index is 0.105. The smallest absolute Gasteiger partial charge is 0.318 e. The third kappa shape index (κ3) is 2.67. The third-order valence-corrected chi connectivity index (χ3v) is 8.88. The molecule has 6 unspecified atom stereocenters. The van der Waals surface area contributed by atoms with E-state index in [1.807, 2.05) is 0 Å². The molecule has 3 heteroatoms. The molecule has 0 aromatic heterocycles. The van der Waals surface area contributed by atoms with Gasteiger partial charge in [-0.25, -0.2) is 0 Å². The molecule has 0 amide bonds. The lowest BCUT2D eigenvalue weighted by Gasteiger charge is -2.60. The minimum atomic E-state index is -0.281. The molecule has 0 aromatic rings. The molecule has 2 saturated carbocycles. The van der Waals surface area contributed by atoms with Crippen molar-refractivity contribution in [1.29, 1.82) is 0 Å². The average Bonchev–Trinajstić information content (AvgIpc) is 2.85. The van der Waals surface area contributed by atoms with Crippen LogP contribution in [0.2, 0.25) is 0 Å². The number of cyclic esters (lactones) is 2. The molecule has 4 rings (SSSR count). The van der Waals surface area contributed by atoms with Crippen molar-refractivity contribution in [3.05, 3.63) is 11.6 Å². The quantitative estimate of drug-likeness (QED) is 0.345. The molecule has 1 heterocycles. The van der Waals surface area contributed by atoms with Gasteiger partial charge in [0, 0.05) is 5.41 Å². The largest absolute Gasteiger partial charge is 0.393 e. The maximum atomic E-state index is 12.8. The molecule has 0 N–H and O–H groups in total. The molecular formula is C24H36O3. The van der Waals surface area contributed by atoms with E-state index in [-0.39, 0.29) is 40.5 Å². The van der Waals surface area contributed by atoms with E-state index < -0.39 is 0 Å². The SMILES string of the molecule is CC(C)C1=CC2(CCC3C(C)(C)CCCC3(C)C2)C2C(=O)OC(=O)C2C1C. The highest BCUT2D eigenvalue weighted by molar-refractivity contribution is 5.98. The van der Waals surface area contributed by atoms with Crippen LogP contribution in [0.3, 0.4) is 0 Å². The van der Waals surface area contributed by atoms with Gasteiger partial charge >= 0.3 is 11.9 Å². The number of carbonyl (C=O) groups is 2. The third-order valence-electron chi connectivity index (χ3n) is 8.88. The van der Waals surface area contributed by atoms with Crippen LogP contribution in [-0.2, 0) is 14.3 Å². The van der Waals surface area contributed by atoms with E-state index >= 15 is 0 Å². The molecule has 1 saturated heterocycles. The molecule has 4 aliphatic rings. The summed E-state index contributed by atoms with van der Waals surface area (Å²) in [5.41, 5.74) is 1.78. The number of hydrogen-bond acceptors (Lipinski definition) is 3. The predicted molar refractivity (Wildman–Crippen MR) is 106 cm³/mol. The fraction of sp³-hybridized carbons (Fsp3) is 0.833. The Morgan fingerprint density at radius 3 is 2.44 bits per heavy atom. The molecule has 3 fully saturated rings. The number of fused-ring (bicyclic) bond motifs is 3. The number of allylic oxidation sites excluding steroid dienone is 2. The van der Waals surface area contributed by atoms with E-state index in [2.05, 4.69) is 47.6 Å². The predicted octanol–water partition coefficient (Wildman–Crippen LogP) is 5.54. The fourth-order valence-electron chi connectivity index (χ4n) is 7.88. The van der Waals surface area contributed by atoms with Crippen molar-refractivity contribution < 1.29 is 14.3 Å². The van der Waals surface area contributed by atoms with E-state index in [4.69, 9.17) is 4.74 Å². The molecule has 3 nitrogen and oxygen atoms in total. The Hall–Kier alpha value is -1.12. The fourth-order valence-corrected chi connectivity index (χ4v) is 7.88. The Balaban J connectivity index is 1.81. The zero-order chi connectivity index (χ0) is 19.8. The van der Waals surface area contributed by atoms with Gasteiger partial charge in [-0.05, 0) is 60.7 Å². The summed E-state index contributed by atoms with van der Waals surface area (Å²) in [6, 6.07) is 0. The van der Waals surface area contributed by atoms with E-state index in [9.17, 15) is 9.59 Å². The topological polar surface area (TPSA) is 43.4 Å². The van der Waals surface area contributed by atoms with Crippen LogP contribution in [0.15, 0.2) is 11.6 Å². The number of ether oxygens (including phenoxy) is 1. The summed E-state index contributed by atoms with van der Waals surface area (Å²) in [5, 5.41) is 0. The summed E-state index contributed by atoms with van der Waals surface area (Å²) in [7, 11) is 0. The maximum Gasteiger partial charge on any atom is 0.318 e. The van der Waals surface area contributed by atoms with E-state index in [1.165, 1.54) is 24.8 Å². The summed E-state index contributed by atoms with van der Waals surface area (Å²) in [5.74, 6) is 0.114. The van der Waals surface area contributed by atoms with Crippen LogP contribution in [0.25, 0.3) is 0 Å². The standard InChI is InChI=1S/C24H36O3/c1-14(2)16-12-24(19-18(15(16)3)20(25)27-21(19)26)11-8-17-22(4,5)9-7-10-23(17,6)13-24/h12,14-15,17-19H,7-11,13H2,1-6H3. The van der Waals surface area contributed by atoms with Gasteiger partial charge < -0.3 is 4.74 Å². The van der Waals surface area contributed by atoms with Crippen LogP contribution in [0.5, 0.6) is 0 Å². The van der Waals surface area contributed by atoms with Gasteiger partial charge in [-0.3, -0.25) is 9.59 Å². The van der Waals surface area contributed by atoms with Gasteiger partial charge in [0.2, 0.25) is 0 Å². The maximum absolute atomic E-state index is 12.8. The summed E-state index contributed by atoms with van der Waals surface area (Å²) < 4.78 is 5.23. The zero-order valence-electron chi connectivity index (χ0n) is 17.9. The molecule has 3 aliphatic carbocycles. The van der Waals surface area contributed by atoms with Crippen LogP contribution in [0.4, 0.5) is 0 Å². The molecule has 0 bridgehead atoms. The highest BCUT2D eigenvalue weighted by Gasteiger charge is 2.64. The van der Waals surface area contributed by atoms with Crippen molar-refractivity contribution >= 4 is 11.9 Å². The van der Waals surface area contributed by atoms with Gasteiger partial charge in [0.25, 0.3) is 0 Å². The zero-order valence-corrected chi connectivity index (χ0v) is 17.9. The van der Waals surface area contributed by atoms with Crippen molar-refractivity contribution in [1.82, 2.24) is 0 Å². The van der Waals surface area contributed by atoms with Gasteiger partial charge in [-0.1, -0.05) is 59.6 Å². The molecule has 1 aliphatic heterocycles. The normalized spacial score (nSPS) is 46.1. The first-order valence-corrected chi connectivity index (χ1v) is 11.0. The van der Waals surface area contributed by atoms with E-state index in [0.717, 1.165) is 19.3 Å². The molecule has 150 valence electrons. The average molecular weight is 373 g/mol. The summed E-state index contributed by atoms with van der Waals surface area (Å²) in [4.78, 5) is 25.5. The van der Waals surface area contributed by atoms with Crippen LogP contribution < -0.4 is 0 Å². The first-order valence-electron chi connectivity index (χ1n) is 11.0. The van der Waals surface area contributed by atoms with Crippen LogP contribution in [0.1, 0.15) is 80.1 Å². The molecule has 6 atom stereocenters. The van der Waals surface area contributed by atoms with E-state index in [0.29, 0.717) is 17.3 Å². The second kappa shape index (κ2) is 5.94. The minimum Gasteiger partial charge on any atom is -0.393 e. The van der Waals surface area contributed by atoms with Crippen molar-refractivity contribution in [2.24, 2.45) is 45.8 Å². The summed E-state index contributed by atoms with van der Waals surface area (Å²) >= 11 is 0. The molecular weight excluding hydrogens is 336 g/mol. The van der Waals surface area contributed by atoms with Crippen molar-refractivity contribution in [2.45, 2.75) is 80.1 Å². The van der Waals surface area contributed by atoms with Gasteiger partial charge in [0.15, 0.2) is 0 Å². The molecule has 27 heavy (non-hydrogen) atoms. The van der Waals surface area contributed by atoms with Crippen molar-refractivity contribution in [2.75, 3.05) is 0 Å². The first kappa shape index (κ1) is 19.2. The Morgan fingerprint density at radius 2 is 1.78 bits per heavy atom. The lowest BCUT2D eigenvalue weighted by Crippen LogP contribution is -2.54. The van der Waals surface area contributed by atoms with E-state index in [1.54, 1.807) is 0 Å². The van der Waals surface area contributed by atoms with Crippen LogP contribution in [-0.4, -0.2) is 11.9 Å². The summed E-state index contributed by atoms with van der Waals surface area (Å²) in [6.45, 7) is 13.9. The Morgan fingerprint density at radius 1 is 1.07 bits per heavy atom. The van der Waals surface area contributed by atoms with Gasteiger partial charge in [0.05, 0.1) is 11.8 Å². The summed E-state index contributed by atoms with van der Waals surface area (Å²) in [6.07, 6.45) is 9.46. The second-order valence-corrected chi connectivity index (χ2v) is 11.3. The molecule has 0 radical (unpaired) electrons. The first-order chi connectivity index (χ1) is 12.5. The van der Waals surface area contributed by atoms with Crippen LogP contribution in [0, 0.1) is 45.8 Å². The van der Waals surface area contributed by atoms with Gasteiger partial charge in [-0.15, -0.1) is 0 Å². The second-order valence-electron chi connectivity index (χ2n) is 11.3. The Kier molecular flexibility index (Phi) is 4.22. The Labute approximate surface area is 164 Å². The van der Waals surface area contributed by atoms with Gasteiger partial charge in [0.1, 0.15) is 0 Å². The number of rotatable bonds is 1. The number of hydrogen-bond donors (Lipinski definition) is 0. The number of carbonyl (C=O) groups excluding carboxylic acids is 2. The lowest BCUT2D eigenvalue weighted by atomic mass is 9.43. The van der Waals surface area contributed by atoms with Gasteiger partial charge in [-0.2, -0.15) is 0 Å².